The van der Waals surface area contributed by atoms with Crippen LogP contribution in [0.1, 0.15) is 42.7 Å². The van der Waals surface area contributed by atoms with Crippen molar-refractivity contribution >= 4 is 5.78 Å². The Hall–Kier alpha value is -1.18. The number of Topliss-reactive ketones (excluding diaryl/α,β-unsaturated/α-hetero) is 1. The summed E-state index contributed by atoms with van der Waals surface area (Å²) in [5, 5.41) is 0. The van der Waals surface area contributed by atoms with Gasteiger partial charge in [-0.05, 0) is 43.0 Å². The summed E-state index contributed by atoms with van der Waals surface area (Å²) in [6, 6.07) is 4.72. The molecular formula is C13H15FO. The standard InChI is InChI=1S/C13H15FO/c1-9-6-7-10(14)8-12(9)11-4-2-3-5-13(11)15/h6-8,11H,2-5H2,1H3. The number of aryl methyl sites for hydroxylation is 1. The molecule has 15 heavy (non-hydrogen) atoms. The molecule has 1 fully saturated rings. The highest BCUT2D eigenvalue weighted by Gasteiger charge is 2.25. The summed E-state index contributed by atoms with van der Waals surface area (Å²) < 4.78 is 13.1. The fourth-order valence-electron chi connectivity index (χ4n) is 2.30. The van der Waals surface area contributed by atoms with Crippen molar-refractivity contribution in [3.63, 3.8) is 0 Å². The van der Waals surface area contributed by atoms with Gasteiger partial charge in [0.05, 0.1) is 0 Å². The van der Waals surface area contributed by atoms with Gasteiger partial charge < -0.3 is 0 Å². The molecule has 1 saturated carbocycles. The van der Waals surface area contributed by atoms with Crippen molar-refractivity contribution in [3.8, 4) is 0 Å². The van der Waals surface area contributed by atoms with E-state index < -0.39 is 0 Å². The summed E-state index contributed by atoms with van der Waals surface area (Å²) in [6.07, 6.45) is 3.60. The molecule has 2 rings (SSSR count). The first kappa shape index (κ1) is 10.3. The Morgan fingerprint density at radius 1 is 1.33 bits per heavy atom. The van der Waals surface area contributed by atoms with E-state index in [1.165, 1.54) is 12.1 Å². The predicted octanol–water partition coefficient (Wildman–Crippen LogP) is 3.36. The van der Waals surface area contributed by atoms with Crippen molar-refractivity contribution in [2.24, 2.45) is 0 Å². The van der Waals surface area contributed by atoms with Crippen LogP contribution in [0.3, 0.4) is 0 Å². The molecule has 1 aromatic rings. The minimum atomic E-state index is -0.242. The smallest absolute Gasteiger partial charge is 0.140 e. The highest BCUT2D eigenvalue weighted by Crippen LogP contribution is 2.32. The molecule has 2 heteroatoms. The summed E-state index contributed by atoms with van der Waals surface area (Å²) in [5.41, 5.74) is 1.91. The van der Waals surface area contributed by atoms with Gasteiger partial charge in [0, 0.05) is 12.3 Å². The number of hydrogen-bond donors (Lipinski definition) is 0. The molecule has 1 unspecified atom stereocenters. The minimum absolute atomic E-state index is 0.0607. The number of halogens is 1. The third-order valence-corrected chi connectivity index (χ3v) is 3.17. The molecular weight excluding hydrogens is 191 g/mol. The van der Waals surface area contributed by atoms with Crippen LogP contribution in [0.2, 0.25) is 0 Å². The monoisotopic (exact) mass is 206 g/mol. The van der Waals surface area contributed by atoms with E-state index in [1.807, 2.05) is 6.92 Å². The van der Waals surface area contributed by atoms with E-state index in [0.29, 0.717) is 6.42 Å². The maximum absolute atomic E-state index is 13.1. The molecule has 0 radical (unpaired) electrons. The van der Waals surface area contributed by atoms with Gasteiger partial charge in [-0.1, -0.05) is 12.5 Å². The van der Waals surface area contributed by atoms with Gasteiger partial charge >= 0.3 is 0 Å². The van der Waals surface area contributed by atoms with Gasteiger partial charge in [-0.2, -0.15) is 0 Å². The van der Waals surface area contributed by atoms with Crippen molar-refractivity contribution in [3.05, 3.63) is 35.1 Å². The SMILES string of the molecule is Cc1ccc(F)cc1C1CCCCC1=O. The van der Waals surface area contributed by atoms with Crippen LogP contribution in [0.25, 0.3) is 0 Å². The van der Waals surface area contributed by atoms with Crippen LogP contribution in [-0.2, 0) is 4.79 Å². The number of hydrogen-bond acceptors (Lipinski definition) is 1. The number of carbonyl (C=O) groups excluding carboxylic acids is 1. The van der Waals surface area contributed by atoms with E-state index in [9.17, 15) is 9.18 Å². The third-order valence-electron chi connectivity index (χ3n) is 3.17. The quantitative estimate of drug-likeness (QED) is 0.688. The highest BCUT2D eigenvalue weighted by molar-refractivity contribution is 5.86. The molecule has 0 spiro atoms. The van der Waals surface area contributed by atoms with E-state index in [2.05, 4.69) is 0 Å². The van der Waals surface area contributed by atoms with E-state index in [1.54, 1.807) is 6.07 Å². The van der Waals surface area contributed by atoms with Crippen molar-refractivity contribution < 1.29 is 9.18 Å². The number of benzene rings is 1. The van der Waals surface area contributed by atoms with Crippen LogP contribution in [0, 0.1) is 12.7 Å². The molecule has 1 aromatic carbocycles. The first-order valence-corrected chi connectivity index (χ1v) is 5.47. The number of ketones is 1. The second-order valence-electron chi connectivity index (χ2n) is 4.27. The molecule has 0 saturated heterocycles. The van der Waals surface area contributed by atoms with Crippen LogP contribution in [0.4, 0.5) is 4.39 Å². The molecule has 1 aliphatic rings. The zero-order valence-electron chi connectivity index (χ0n) is 8.92. The maximum atomic E-state index is 13.1. The molecule has 0 aromatic heterocycles. The maximum Gasteiger partial charge on any atom is 0.140 e. The van der Waals surface area contributed by atoms with Crippen LogP contribution >= 0.6 is 0 Å². The van der Waals surface area contributed by atoms with Crippen molar-refractivity contribution in [2.45, 2.75) is 38.5 Å². The molecule has 0 N–H and O–H groups in total. The van der Waals surface area contributed by atoms with Gasteiger partial charge in [-0.25, -0.2) is 4.39 Å². The lowest BCUT2D eigenvalue weighted by molar-refractivity contribution is -0.121. The summed E-state index contributed by atoms with van der Waals surface area (Å²) in [4.78, 5) is 11.7. The van der Waals surface area contributed by atoms with Gasteiger partial charge in [0.25, 0.3) is 0 Å². The average Bonchev–Trinajstić information content (AvgIpc) is 2.23. The lowest BCUT2D eigenvalue weighted by Crippen LogP contribution is -2.18. The first-order chi connectivity index (χ1) is 7.18. The normalized spacial score (nSPS) is 21.7. The molecule has 1 atom stereocenters. The second kappa shape index (κ2) is 4.13. The molecule has 80 valence electrons. The third kappa shape index (κ3) is 2.09. The summed E-state index contributed by atoms with van der Waals surface area (Å²) >= 11 is 0. The molecule has 0 amide bonds. The summed E-state index contributed by atoms with van der Waals surface area (Å²) in [6.45, 7) is 1.94. The van der Waals surface area contributed by atoms with Crippen molar-refractivity contribution in [2.75, 3.05) is 0 Å². The second-order valence-corrected chi connectivity index (χ2v) is 4.27. The summed E-state index contributed by atoms with van der Waals surface area (Å²) in [5.74, 6) is -0.0293. The van der Waals surface area contributed by atoms with Gasteiger partial charge in [-0.3, -0.25) is 4.79 Å². The summed E-state index contributed by atoms with van der Waals surface area (Å²) in [7, 11) is 0. The Morgan fingerprint density at radius 3 is 2.87 bits per heavy atom. The van der Waals surface area contributed by atoms with Gasteiger partial charge in [0.15, 0.2) is 0 Å². The van der Waals surface area contributed by atoms with Crippen LogP contribution in [0.5, 0.6) is 0 Å². The molecule has 0 aliphatic heterocycles. The number of rotatable bonds is 1. The van der Waals surface area contributed by atoms with Gasteiger partial charge in [-0.15, -0.1) is 0 Å². The Labute approximate surface area is 89.3 Å². The molecule has 1 nitrogen and oxygen atoms in total. The van der Waals surface area contributed by atoms with E-state index in [-0.39, 0.29) is 17.5 Å². The Balaban J connectivity index is 2.34. The van der Waals surface area contributed by atoms with E-state index >= 15 is 0 Å². The zero-order chi connectivity index (χ0) is 10.8. The fourth-order valence-corrected chi connectivity index (χ4v) is 2.30. The zero-order valence-corrected chi connectivity index (χ0v) is 8.92. The topological polar surface area (TPSA) is 17.1 Å². The first-order valence-electron chi connectivity index (χ1n) is 5.47. The molecule has 0 heterocycles. The minimum Gasteiger partial charge on any atom is -0.299 e. The number of carbonyl (C=O) groups is 1. The van der Waals surface area contributed by atoms with Crippen LogP contribution in [0.15, 0.2) is 18.2 Å². The van der Waals surface area contributed by atoms with Gasteiger partial charge in [0.2, 0.25) is 0 Å². The van der Waals surface area contributed by atoms with Crippen LogP contribution in [-0.4, -0.2) is 5.78 Å². The molecule has 0 bridgehead atoms. The van der Waals surface area contributed by atoms with Crippen LogP contribution < -0.4 is 0 Å². The van der Waals surface area contributed by atoms with E-state index in [0.717, 1.165) is 30.4 Å². The highest BCUT2D eigenvalue weighted by atomic mass is 19.1. The Kier molecular flexibility index (Phi) is 2.85. The largest absolute Gasteiger partial charge is 0.299 e. The van der Waals surface area contributed by atoms with Crippen molar-refractivity contribution in [1.29, 1.82) is 0 Å². The Morgan fingerprint density at radius 2 is 2.13 bits per heavy atom. The lowest BCUT2D eigenvalue weighted by Gasteiger charge is -2.22. The predicted molar refractivity (Wildman–Crippen MR) is 57.4 cm³/mol. The van der Waals surface area contributed by atoms with E-state index in [4.69, 9.17) is 0 Å². The fraction of sp³-hybridized carbons (Fsp3) is 0.462. The Bertz CT molecular complexity index is 384. The van der Waals surface area contributed by atoms with Gasteiger partial charge in [0.1, 0.15) is 11.6 Å². The average molecular weight is 206 g/mol. The van der Waals surface area contributed by atoms with Crippen molar-refractivity contribution in [1.82, 2.24) is 0 Å². The molecule has 1 aliphatic carbocycles. The lowest BCUT2D eigenvalue weighted by atomic mass is 9.81.